The van der Waals surface area contributed by atoms with E-state index in [9.17, 15) is 35.9 Å². The van der Waals surface area contributed by atoms with E-state index in [1.165, 1.54) is 42.7 Å². The molecule has 2 N–H and O–H groups in total. The fourth-order valence-corrected chi connectivity index (χ4v) is 5.04. The summed E-state index contributed by atoms with van der Waals surface area (Å²) >= 11 is 6.22. The van der Waals surface area contributed by atoms with E-state index >= 15 is 0 Å². The third-order valence-corrected chi connectivity index (χ3v) is 6.66. The van der Waals surface area contributed by atoms with Crippen LogP contribution in [0, 0.1) is 5.92 Å². The minimum atomic E-state index is -5.77. The molecule has 0 saturated carbocycles. The topological polar surface area (TPSA) is 74.3 Å². The molecule has 36 heavy (non-hydrogen) atoms. The third-order valence-electron chi connectivity index (χ3n) is 6.36. The number of hydrogen-bond donors (Lipinski definition) is 2. The van der Waals surface area contributed by atoms with Crippen LogP contribution in [0.15, 0.2) is 30.5 Å². The maximum absolute atomic E-state index is 11.2. The highest BCUT2D eigenvalue weighted by Crippen LogP contribution is 2.46. The average Bonchev–Trinajstić information content (AvgIpc) is 3.28. The van der Waals surface area contributed by atoms with E-state index in [1.54, 1.807) is 6.20 Å². The molecular formula is C23H21ClF6N4O2. The van der Waals surface area contributed by atoms with E-state index < -0.39 is 23.9 Å². The Balaban J connectivity index is 0.000000218. The monoisotopic (exact) mass is 534 g/mol. The zero-order valence-corrected chi connectivity index (χ0v) is 19.4. The number of nitrogens with one attached hydrogen (secondary N) is 2. The summed E-state index contributed by atoms with van der Waals surface area (Å²) in [5.74, 6) is -5.44. The summed E-state index contributed by atoms with van der Waals surface area (Å²) in [7, 11) is 0. The summed E-state index contributed by atoms with van der Waals surface area (Å²) in [4.78, 5) is 26.0. The number of halogens is 7. The van der Waals surface area contributed by atoms with Crippen molar-refractivity contribution in [3.63, 3.8) is 0 Å². The number of rotatable bonds is 3. The predicted octanol–water partition coefficient (Wildman–Crippen LogP) is 4.80. The summed E-state index contributed by atoms with van der Waals surface area (Å²) < 4.78 is 67.0. The molecule has 0 amide bonds. The van der Waals surface area contributed by atoms with Gasteiger partial charge in [0, 0.05) is 49.7 Å². The summed E-state index contributed by atoms with van der Waals surface area (Å²) in [6.07, 6.45) is -7.41. The minimum absolute atomic E-state index is 0.519. The quantitative estimate of drug-likeness (QED) is 0.335. The Hall–Kier alpha value is -2.86. The lowest BCUT2D eigenvalue weighted by Gasteiger charge is -2.42. The number of carbonyl (C=O) groups is 2. The van der Waals surface area contributed by atoms with E-state index in [0.717, 1.165) is 30.4 Å². The molecule has 0 unspecified atom stereocenters. The minimum Gasteiger partial charge on any atom is -0.371 e. The molecule has 1 saturated heterocycles. The number of ketones is 2. The lowest BCUT2D eigenvalue weighted by Crippen LogP contribution is -2.41. The van der Waals surface area contributed by atoms with Crippen molar-refractivity contribution in [3.05, 3.63) is 46.7 Å². The highest BCUT2D eigenvalue weighted by molar-refractivity contribution is 6.41. The smallest absolute Gasteiger partial charge is 0.371 e. The van der Waals surface area contributed by atoms with Crippen molar-refractivity contribution in [2.24, 2.45) is 5.92 Å². The van der Waals surface area contributed by atoms with Crippen LogP contribution in [0.4, 0.5) is 43.4 Å². The van der Waals surface area contributed by atoms with Gasteiger partial charge in [-0.1, -0.05) is 11.6 Å². The van der Waals surface area contributed by atoms with Gasteiger partial charge in [0.05, 0.1) is 5.69 Å². The van der Waals surface area contributed by atoms with Gasteiger partial charge < -0.3 is 15.5 Å². The fraction of sp³-hybridized carbons (Fsp3) is 0.435. The summed E-state index contributed by atoms with van der Waals surface area (Å²) in [5.41, 5.74) is 6.50. The first-order chi connectivity index (χ1) is 16.9. The SMILES string of the molecule is Clc1ncccc1Nc1cc2c3c(c1)[C@@H]1CNC[C@@H]1CN3CCC2.O=C(C(=O)C(F)(F)F)C(F)(F)F. The second-order valence-corrected chi connectivity index (χ2v) is 9.13. The molecule has 5 rings (SSSR count). The molecular weight excluding hydrogens is 514 g/mol. The van der Waals surface area contributed by atoms with Gasteiger partial charge in [0.1, 0.15) is 0 Å². The number of nitrogens with zero attached hydrogens (tertiary/aromatic N) is 2. The molecule has 1 fully saturated rings. The van der Waals surface area contributed by atoms with Gasteiger partial charge in [0.25, 0.3) is 0 Å². The highest BCUT2D eigenvalue weighted by Gasteiger charge is 2.54. The van der Waals surface area contributed by atoms with E-state index in [4.69, 9.17) is 11.6 Å². The Morgan fingerprint density at radius 3 is 2.42 bits per heavy atom. The van der Waals surface area contributed by atoms with Crippen molar-refractivity contribution in [2.45, 2.75) is 31.1 Å². The van der Waals surface area contributed by atoms with Crippen LogP contribution in [0.3, 0.4) is 0 Å². The molecule has 0 aliphatic carbocycles. The maximum atomic E-state index is 11.2. The van der Waals surface area contributed by atoms with Crippen molar-refractivity contribution in [2.75, 3.05) is 36.4 Å². The number of aryl methyl sites for hydroxylation is 1. The molecule has 1 aromatic heterocycles. The molecule has 0 spiro atoms. The van der Waals surface area contributed by atoms with Gasteiger partial charge in [-0.2, -0.15) is 26.3 Å². The van der Waals surface area contributed by atoms with Crippen molar-refractivity contribution >= 4 is 40.2 Å². The number of carbonyl (C=O) groups excluding carboxylic acids is 2. The molecule has 0 bridgehead atoms. The number of anilines is 3. The molecule has 3 aliphatic rings. The summed E-state index contributed by atoms with van der Waals surface area (Å²) in [5, 5.41) is 7.59. The number of hydrogen-bond acceptors (Lipinski definition) is 6. The van der Waals surface area contributed by atoms with Crippen LogP contribution in [0.5, 0.6) is 0 Å². The zero-order chi connectivity index (χ0) is 26.3. The molecule has 1 aromatic carbocycles. The van der Waals surface area contributed by atoms with Crippen LogP contribution in [0.2, 0.25) is 5.15 Å². The molecule has 2 atom stereocenters. The molecule has 13 heteroatoms. The molecule has 194 valence electrons. The van der Waals surface area contributed by atoms with E-state index in [2.05, 4.69) is 32.7 Å². The van der Waals surface area contributed by atoms with Gasteiger partial charge in [-0.15, -0.1) is 0 Å². The molecule has 0 radical (unpaired) electrons. The number of pyridine rings is 1. The summed E-state index contributed by atoms with van der Waals surface area (Å²) in [6, 6.07) is 8.53. The zero-order valence-electron chi connectivity index (χ0n) is 18.6. The third kappa shape index (κ3) is 5.44. The first-order valence-corrected chi connectivity index (χ1v) is 11.5. The van der Waals surface area contributed by atoms with Crippen LogP contribution in [0.1, 0.15) is 23.5 Å². The molecule has 6 nitrogen and oxygen atoms in total. The van der Waals surface area contributed by atoms with Gasteiger partial charge in [-0.25, -0.2) is 4.98 Å². The lowest BCUT2D eigenvalue weighted by molar-refractivity contribution is -0.193. The average molecular weight is 535 g/mol. The van der Waals surface area contributed by atoms with Crippen molar-refractivity contribution < 1.29 is 35.9 Å². The Morgan fingerprint density at radius 1 is 1.08 bits per heavy atom. The van der Waals surface area contributed by atoms with E-state index in [1.807, 2.05) is 12.1 Å². The largest absolute Gasteiger partial charge is 0.458 e. The Kier molecular flexibility index (Phi) is 7.20. The molecule has 3 aliphatic heterocycles. The van der Waals surface area contributed by atoms with Gasteiger partial charge in [0.15, 0.2) is 5.15 Å². The van der Waals surface area contributed by atoms with Crippen LogP contribution < -0.4 is 15.5 Å². The highest BCUT2D eigenvalue weighted by atomic mass is 35.5. The molecule has 2 aromatic rings. The first-order valence-electron chi connectivity index (χ1n) is 11.1. The van der Waals surface area contributed by atoms with E-state index in [0.29, 0.717) is 11.1 Å². The normalized spacial score (nSPS) is 20.6. The van der Waals surface area contributed by atoms with Crippen LogP contribution in [-0.2, 0) is 16.0 Å². The van der Waals surface area contributed by atoms with Crippen molar-refractivity contribution in [3.8, 4) is 0 Å². The van der Waals surface area contributed by atoms with Gasteiger partial charge in [-0.05, 0) is 54.2 Å². The number of benzene rings is 1. The summed E-state index contributed by atoms with van der Waals surface area (Å²) in [6.45, 7) is 4.65. The van der Waals surface area contributed by atoms with Crippen LogP contribution in [-0.4, -0.2) is 55.1 Å². The molecule has 4 heterocycles. The van der Waals surface area contributed by atoms with Crippen molar-refractivity contribution in [1.82, 2.24) is 10.3 Å². The van der Waals surface area contributed by atoms with Gasteiger partial charge >= 0.3 is 23.9 Å². The van der Waals surface area contributed by atoms with Gasteiger partial charge in [0.2, 0.25) is 0 Å². The van der Waals surface area contributed by atoms with Crippen LogP contribution >= 0.6 is 11.6 Å². The predicted molar refractivity (Wildman–Crippen MR) is 121 cm³/mol. The fourth-order valence-electron chi connectivity index (χ4n) is 4.87. The number of aromatic nitrogens is 1. The van der Waals surface area contributed by atoms with E-state index in [-0.39, 0.29) is 0 Å². The standard InChI is InChI=1S/C19H21ClN4.C4F6O2/c20-19-17(4-1-5-22-19)23-14-7-12-3-2-6-24-11-13-9-21-10-16(13)15(8-14)18(12)24;5-3(6,7)1(11)2(12)4(8,9)10/h1,4-5,7-8,13,16,21,23H,2-3,6,9-11H2;/t13-,16-;/m1./s1. The van der Waals surface area contributed by atoms with Gasteiger partial charge in [-0.3, -0.25) is 9.59 Å². The Bertz CT molecular complexity index is 1150. The lowest BCUT2D eigenvalue weighted by atomic mass is 9.80. The number of Topliss-reactive ketones (excluding diaryl/α,β-unsaturated/α-hetero) is 2. The maximum Gasteiger partial charge on any atom is 0.458 e. The van der Waals surface area contributed by atoms with Crippen LogP contribution in [0.25, 0.3) is 0 Å². The second kappa shape index (κ2) is 9.89. The number of fused-ring (bicyclic) bond motifs is 2. The first kappa shape index (κ1) is 26.2. The van der Waals surface area contributed by atoms with Crippen molar-refractivity contribution in [1.29, 1.82) is 0 Å². The Morgan fingerprint density at radius 2 is 1.78 bits per heavy atom. The Labute approximate surface area is 207 Å². The second-order valence-electron chi connectivity index (χ2n) is 8.77. The number of alkyl halides is 6.